The van der Waals surface area contributed by atoms with Crippen molar-refractivity contribution in [2.24, 2.45) is 0 Å². The summed E-state index contributed by atoms with van der Waals surface area (Å²) in [6, 6.07) is 8.67. The minimum absolute atomic E-state index is 0.0385. The maximum absolute atomic E-state index is 12.1. The molecule has 1 fully saturated rings. The van der Waals surface area contributed by atoms with E-state index in [2.05, 4.69) is 4.72 Å². The van der Waals surface area contributed by atoms with Gasteiger partial charge in [0.05, 0.1) is 17.4 Å². The molecule has 1 aliphatic carbocycles. The first-order valence-electron chi connectivity index (χ1n) is 6.50. The molecule has 20 heavy (non-hydrogen) atoms. The fourth-order valence-electron chi connectivity index (χ4n) is 2.21. The summed E-state index contributed by atoms with van der Waals surface area (Å²) >= 11 is 1.75. The van der Waals surface area contributed by atoms with Crippen LogP contribution in [0, 0.1) is 11.3 Å². The van der Waals surface area contributed by atoms with Crippen molar-refractivity contribution in [3.05, 3.63) is 35.4 Å². The number of sulfonamides is 1. The molecule has 0 heterocycles. The maximum atomic E-state index is 12.1. The van der Waals surface area contributed by atoms with E-state index in [4.69, 9.17) is 5.26 Å². The van der Waals surface area contributed by atoms with E-state index in [1.165, 1.54) is 6.42 Å². The van der Waals surface area contributed by atoms with Crippen molar-refractivity contribution in [3.63, 3.8) is 0 Å². The number of benzene rings is 1. The van der Waals surface area contributed by atoms with Crippen LogP contribution in [0.5, 0.6) is 0 Å². The first-order chi connectivity index (χ1) is 9.49. The zero-order valence-corrected chi connectivity index (χ0v) is 13.1. The molecule has 6 heteroatoms. The molecule has 1 aromatic rings. The minimum atomic E-state index is -3.32. The summed E-state index contributed by atoms with van der Waals surface area (Å²) in [5, 5.41) is 8.71. The van der Waals surface area contributed by atoms with Gasteiger partial charge in [0.2, 0.25) is 10.0 Å². The average molecular weight is 310 g/mol. The zero-order valence-electron chi connectivity index (χ0n) is 11.4. The Bertz CT molecular complexity index is 594. The lowest BCUT2D eigenvalue weighted by atomic mass is 9.84. The van der Waals surface area contributed by atoms with Crippen molar-refractivity contribution in [2.75, 3.05) is 12.8 Å². The Kier molecular flexibility index (Phi) is 4.74. The summed E-state index contributed by atoms with van der Waals surface area (Å²) in [4.78, 5) is 0. The van der Waals surface area contributed by atoms with E-state index in [1.54, 1.807) is 36.0 Å². The second-order valence-corrected chi connectivity index (χ2v) is 8.21. The van der Waals surface area contributed by atoms with Crippen molar-refractivity contribution in [1.29, 1.82) is 5.26 Å². The quantitative estimate of drug-likeness (QED) is 0.875. The van der Waals surface area contributed by atoms with E-state index in [0.29, 0.717) is 17.7 Å². The van der Waals surface area contributed by atoms with Gasteiger partial charge < -0.3 is 0 Å². The van der Waals surface area contributed by atoms with Crippen LogP contribution in [0.4, 0.5) is 0 Å². The SMILES string of the molecule is CSC1(CNS(=O)(=O)Cc2ccc(C#N)cc2)CCC1. The molecule has 0 radical (unpaired) electrons. The highest BCUT2D eigenvalue weighted by Crippen LogP contribution is 2.42. The van der Waals surface area contributed by atoms with E-state index in [-0.39, 0.29) is 10.5 Å². The Hall–Kier alpha value is -1.03. The summed E-state index contributed by atoms with van der Waals surface area (Å²) < 4.78 is 27.0. The van der Waals surface area contributed by atoms with Gasteiger partial charge in [-0.3, -0.25) is 0 Å². The molecular formula is C14H18N2O2S2. The predicted octanol–water partition coefficient (Wildman–Crippen LogP) is 2.26. The third-order valence-corrected chi connectivity index (χ3v) is 6.47. The summed E-state index contributed by atoms with van der Waals surface area (Å²) in [6.45, 7) is 0.507. The van der Waals surface area contributed by atoms with E-state index in [0.717, 1.165) is 12.8 Å². The third-order valence-electron chi connectivity index (χ3n) is 3.75. The molecule has 2 rings (SSSR count). The third kappa shape index (κ3) is 3.75. The van der Waals surface area contributed by atoms with Gasteiger partial charge in [-0.05, 0) is 36.8 Å². The molecule has 0 atom stereocenters. The van der Waals surface area contributed by atoms with Crippen LogP contribution in [0.1, 0.15) is 30.4 Å². The Balaban J connectivity index is 1.95. The van der Waals surface area contributed by atoms with Gasteiger partial charge in [0.15, 0.2) is 0 Å². The fourth-order valence-corrected chi connectivity index (χ4v) is 4.45. The van der Waals surface area contributed by atoms with Gasteiger partial charge in [-0.15, -0.1) is 0 Å². The van der Waals surface area contributed by atoms with Crippen LogP contribution in [0.15, 0.2) is 24.3 Å². The second-order valence-electron chi connectivity index (χ2n) is 5.13. The first-order valence-corrected chi connectivity index (χ1v) is 9.38. The van der Waals surface area contributed by atoms with Gasteiger partial charge in [0.25, 0.3) is 0 Å². The molecule has 108 valence electrons. The van der Waals surface area contributed by atoms with Crippen molar-refractivity contribution in [3.8, 4) is 6.07 Å². The molecule has 0 amide bonds. The standard InChI is InChI=1S/C14H18N2O2S2/c1-19-14(7-2-8-14)11-16-20(17,18)10-13-5-3-12(9-15)4-6-13/h3-6,16H,2,7-8,10-11H2,1H3. The normalized spacial score (nSPS) is 17.2. The zero-order chi connectivity index (χ0) is 14.6. The molecule has 0 bridgehead atoms. The minimum Gasteiger partial charge on any atom is -0.214 e. The van der Waals surface area contributed by atoms with Crippen LogP contribution in [0.2, 0.25) is 0 Å². The van der Waals surface area contributed by atoms with Gasteiger partial charge in [-0.25, -0.2) is 13.1 Å². The number of hydrogen-bond acceptors (Lipinski definition) is 4. The second kappa shape index (κ2) is 6.17. The lowest BCUT2D eigenvalue weighted by molar-refractivity contribution is 0.362. The number of nitrogens with one attached hydrogen (secondary N) is 1. The molecule has 0 aromatic heterocycles. The van der Waals surface area contributed by atoms with Crippen LogP contribution in [0.25, 0.3) is 0 Å². The van der Waals surface area contributed by atoms with Crippen molar-refractivity contribution >= 4 is 21.8 Å². The van der Waals surface area contributed by atoms with Crippen molar-refractivity contribution in [1.82, 2.24) is 4.72 Å². The smallest absolute Gasteiger partial charge is 0.214 e. The van der Waals surface area contributed by atoms with Crippen molar-refractivity contribution in [2.45, 2.75) is 29.8 Å². The molecule has 1 N–H and O–H groups in total. The van der Waals surface area contributed by atoms with E-state index < -0.39 is 10.0 Å². The van der Waals surface area contributed by atoms with Crippen LogP contribution in [-0.2, 0) is 15.8 Å². The van der Waals surface area contributed by atoms with Crippen LogP contribution in [-0.4, -0.2) is 26.0 Å². The Labute approximate surface area is 124 Å². The number of nitriles is 1. The number of thioether (sulfide) groups is 1. The molecule has 0 unspecified atom stereocenters. The van der Waals surface area contributed by atoms with Crippen molar-refractivity contribution < 1.29 is 8.42 Å². The van der Waals surface area contributed by atoms with Crippen LogP contribution < -0.4 is 4.72 Å². The Morgan fingerprint density at radius 1 is 1.35 bits per heavy atom. The molecule has 1 aliphatic rings. The van der Waals surface area contributed by atoms with Gasteiger partial charge >= 0.3 is 0 Å². The van der Waals surface area contributed by atoms with Crippen LogP contribution >= 0.6 is 11.8 Å². The number of hydrogen-bond donors (Lipinski definition) is 1. The summed E-state index contributed by atoms with van der Waals surface area (Å²) in [5.74, 6) is -0.0385. The lowest BCUT2D eigenvalue weighted by Gasteiger charge is -2.40. The molecule has 0 aliphatic heterocycles. The molecule has 4 nitrogen and oxygen atoms in total. The van der Waals surface area contributed by atoms with Gasteiger partial charge in [0, 0.05) is 11.3 Å². The van der Waals surface area contributed by atoms with E-state index >= 15 is 0 Å². The monoisotopic (exact) mass is 310 g/mol. The van der Waals surface area contributed by atoms with Gasteiger partial charge in [0.1, 0.15) is 0 Å². The molecule has 1 aromatic carbocycles. The summed E-state index contributed by atoms with van der Waals surface area (Å²) in [7, 11) is -3.32. The van der Waals surface area contributed by atoms with Crippen LogP contribution in [0.3, 0.4) is 0 Å². The first kappa shape index (κ1) is 15.4. The number of nitrogens with zero attached hydrogens (tertiary/aromatic N) is 1. The summed E-state index contributed by atoms with van der Waals surface area (Å²) in [6.07, 6.45) is 5.37. The number of rotatable bonds is 6. The largest absolute Gasteiger partial charge is 0.215 e. The molecule has 1 saturated carbocycles. The van der Waals surface area contributed by atoms with E-state index in [1.807, 2.05) is 12.3 Å². The summed E-state index contributed by atoms with van der Waals surface area (Å²) in [5.41, 5.74) is 1.23. The highest BCUT2D eigenvalue weighted by atomic mass is 32.2. The average Bonchev–Trinajstić information content (AvgIpc) is 2.38. The highest BCUT2D eigenvalue weighted by molar-refractivity contribution is 8.00. The Morgan fingerprint density at radius 2 is 2.00 bits per heavy atom. The van der Waals surface area contributed by atoms with E-state index in [9.17, 15) is 8.42 Å². The fraction of sp³-hybridized carbons (Fsp3) is 0.500. The predicted molar refractivity (Wildman–Crippen MR) is 81.9 cm³/mol. The molecule has 0 spiro atoms. The maximum Gasteiger partial charge on any atom is 0.215 e. The Morgan fingerprint density at radius 3 is 2.45 bits per heavy atom. The van der Waals surface area contributed by atoms with Gasteiger partial charge in [-0.2, -0.15) is 17.0 Å². The highest BCUT2D eigenvalue weighted by Gasteiger charge is 2.36. The lowest BCUT2D eigenvalue weighted by Crippen LogP contribution is -2.45. The topological polar surface area (TPSA) is 70.0 Å². The molecule has 0 saturated heterocycles. The van der Waals surface area contributed by atoms with Gasteiger partial charge in [-0.1, -0.05) is 18.6 Å². The molecular weight excluding hydrogens is 292 g/mol.